The molecule has 4 N–H and O–H groups in total. The zero-order valence-corrected chi connectivity index (χ0v) is 22.1. The minimum absolute atomic E-state index is 0.184. The monoisotopic (exact) mass is 560 g/mol. The molecule has 6 rings (SSSR count). The molecule has 3 aliphatic rings. The van der Waals surface area contributed by atoms with Gasteiger partial charge in [-0.05, 0) is 55.4 Å². The Kier molecular flexibility index (Phi) is 6.06. The molecule has 2 aromatic heterocycles. The number of aliphatic hydroxyl groups excluding tert-OH is 1. The van der Waals surface area contributed by atoms with Crippen LogP contribution < -0.4 is 15.4 Å². The van der Waals surface area contributed by atoms with Gasteiger partial charge in [-0.1, -0.05) is 0 Å². The number of hydrogen-bond donors (Lipinski definition) is 3. The SMILES string of the molecule is NC(=O)c1ccc(NS(=O)(=O)CCO)c(-c2ccc3cnn(C4CC(F)(F)C4)c3n2)c1N1CCC2(CC1)CC2. The number of amides is 1. The van der Waals surface area contributed by atoms with Crippen molar-refractivity contribution in [3.8, 4) is 11.3 Å². The van der Waals surface area contributed by atoms with Gasteiger partial charge in [0.2, 0.25) is 10.0 Å². The normalized spacial score (nSPS) is 20.2. The molecule has 0 atom stereocenters. The molecule has 3 fully saturated rings. The highest BCUT2D eigenvalue weighted by Crippen LogP contribution is 2.55. The maximum Gasteiger partial charge on any atom is 0.252 e. The third-order valence-corrected chi connectivity index (χ3v) is 9.53. The zero-order chi connectivity index (χ0) is 27.6. The quantitative estimate of drug-likeness (QED) is 0.384. The molecular formula is C26H30F2N6O4S. The number of sulfonamides is 1. The smallest absolute Gasteiger partial charge is 0.252 e. The lowest BCUT2D eigenvalue weighted by Crippen LogP contribution is -2.37. The molecule has 2 aliphatic carbocycles. The number of anilines is 2. The average Bonchev–Trinajstić information content (AvgIpc) is 3.48. The van der Waals surface area contributed by atoms with Crippen LogP contribution in [0.25, 0.3) is 22.3 Å². The van der Waals surface area contributed by atoms with Crippen LogP contribution in [-0.2, 0) is 10.0 Å². The molecule has 1 saturated heterocycles. The molecular weight excluding hydrogens is 530 g/mol. The molecule has 0 radical (unpaired) electrons. The second-order valence-electron chi connectivity index (χ2n) is 11.0. The van der Waals surface area contributed by atoms with Gasteiger partial charge in [-0.2, -0.15) is 5.10 Å². The van der Waals surface area contributed by atoms with E-state index in [1.807, 2.05) is 0 Å². The molecule has 208 valence electrons. The van der Waals surface area contributed by atoms with Crippen LogP contribution in [0.3, 0.4) is 0 Å². The summed E-state index contributed by atoms with van der Waals surface area (Å²) < 4.78 is 56.8. The van der Waals surface area contributed by atoms with E-state index in [1.54, 1.807) is 18.3 Å². The van der Waals surface area contributed by atoms with Crippen LogP contribution in [-0.4, -0.2) is 65.6 Å². The van der Waals surface area contributed by atoms with E-state index < -0.39 is 40.3 Å². The first kappa shape index (κ1) is 25.9. The summed E-state index contributed by atoms with van der Waals surface area (Å²) in [7, 11) is -3.93. The molecule has 39 heavy (non-hydrogen) atoms. The lowest BCUT2D eigenvalue weighted by Gasteiger charge is -2.36. The van der Waals surface area contributed by atoms with Gasteiger partial charge in [0, 0.05) is 36.9 Å². The fraction of sp³-hybridized carbons (Fsp3) is 0.500. The van der Waals surface area contributed by atoms with Crippen LogP contribution in [0.4, 0.5) is 20.2 Å². The summed E-state index contributed by atoms with van der Waals surface area (Å²) >= 11 is 0. The predicted molar refractivity (Wildman–Crippen MR) is 142 cm³/mol. The third-order valence-electron chi connectivity index (χ3n) is 8.28. The van der Waals surface area contributed by atoms with Crippen molar-refractivity contribution in [2.24, 2.45) is 11.1 Å². The number of aliphatic hydroxyl groups is 1. The highest BCUT2D eigenvalue weighted by atomic mass is 32.2. The number of aromatic nitrogens is 3. The van der Waals surface area contributed by atoms with Crippen molar-refractivity contribution in [1.29, 1.82) is 0 Å². The number of pyridine rings is 1. The van der Waals surface area contributed by atoms with E-state index in [-0.39, 0.29) is 24.1 Å². The molecule has 1 aliphatic heterocycles. The van der Waals surface area contributed by atoms with Crippen LogP contribution >= 0.6 is 0 Å². The highest BCUT2D eigenvalue weighted by molar-refractivity contribution is 7.92. The molecule has 1 aromatic carbocycles. The van der Waals surface area contributed by atoms with Crippen molar-refractivity contribution >= 4 is 38.3 Å². The number of piperidine rings is 1. The maximum absolute atomic E-state index is 13.6. The van der Waals surface area contributed by atoms with Crippen molar-refractivity contribution < 1.29 is 27.1 Å². The van der Waals surface area contributed by atoms with E-state index in [1.165, 1.54) is 29.7 Å². The minimum atomic E-state index is -3.93. The lowest BCUT2D eigenvalue weighted by molar-refractivity contribution is -0.106. The number of nitrogens with two attached hydrogens (primary N) is 1. The Balaban J connectivity index is 1.52. The van der Waals surface area contributed by atoms with Crippen LogP contribution in [0, 0.1) is 5.41 Å². The number of carbonyl (C=O) groups excluding carboxylic acids is 1. The number of carbonyl (C=O) groups is 1. The summed E-state index contributed by atoms with van der Waals surface area (Å²) in [6.07, 6.45) is 5.15. The Morgan fingerprint density at radius 2 is 1.85 bits per heavy atom. The molecule has 1 amide bonds. The Bertz CT molecular complexity index is 1550. The Morgan fingerprint density at radius 3 is 2.46 bits per heavy atom. The van der Waals surface area contributed by atoms with Gasteiger partial charge in [0.15, 0.2) is 5.65 Å². The van der Waals surface area contributed by atoms with Crippen LogP contribution in [0.1, 0.15) is 54.9 Å². The molecule has 3 heterocycles. The van der Waals surface area contributed by atoms with Crippen LogP contribution in [0.15, 0.2) is 30.5 Å². The first-order valence-electron chi connectivity index (χ1n) is 13.1. The van der Waals surface area contributed by atoms with Crippen LogP contribution in [0.2, 0.25) is 0 Å². The van der Waals surface area contributed by atoms with E-state index >= 15 is 0 Å². The number of halogens is 2. The van der Waals surface area contributed by atoms with E-state index in [4.69, 9.17) is 10.7 Å². The minimum Gasteiger partial charge on any atom is -0.395 e. The Morgan fingerprint density at radius 1 is 1.13 bits per heavy atom. The van der Waals surface area contributed by atoms with Gasteiger partial charge in [-0.3, -0.25) is 9.52 Å². The standard InChI is InChI=1S/C26H30F2N6O4S/c27-26(28)13-17(14-26)34-24-16(15-30-34)1-3-19(31-24)21-20(32-39(37,38)12-11-35)4-2-18(23(29)36)22(21)33-9-7-25(5-6-25)8-10-33/h1-4,15,17,32,35H,5-14H2,(H2,29,36). The van der Waals surface area contributed by atoms with Gasteiger partial charge in [0.1, 0.15) is 0 Å². The number of alkyl halides is 2. The number of fused-ring (bicyclic) bond motifs is 1. The third kappa shape index (κ3) is 4.82. The topological polar surface area (TPSA) is 143 Å². The van der Waals surface area contributed by atoms with Gasteiger partial charge in [0.25, 0.3) is 11.8 Å². The predicted octanol–water partition coefficient (Wildman–Crippen LogP) is 3.28. The molecule has 0 bridgehead atoms. The van der Waals surface area contributed by atoms with Crippen molar-refractivity contribution in [3.05, 3.63) is 36.0 Å². The number of nitrogens with zero attached hydrogens (tertiary/aromatic N) is 4. The summed E-state index contributed by atoms with van der Waals surface area (Å²) in [4.78, 5) is 19.5. The van der Waals surface area contributed by atoms with Gasteiger partial charge in [0.05, 0.1) is 47.2 Å². The number of rotatable bonds is 8. The van der Waals surface area contributed by atoms with E-state index in [2.05, 4.69) is 14.7 Å². The van der Waals surface area contributed by atoms with E-state index in [0.29, 0.717) is 46.5 Å². The first-order valence-corrected chi connectivity index (χ1v) is 14.7. The zero-order valence-electron chi connectivity index (χ0n) is 21.2. The van der Waals surface area contributed by atoms with E-state index in [9.17, 15) is 27.1 Å². The molecule has 1 spiro atoms. The van der Waals surface area contributed by atoms with Crippen molar-refractivity contribution in [3.63, 3.8) is 0 Å². The number of benzene rings is 1. The second-order valence-corrected chi connectivity index (χ2v) is 12.8. The van der Waals surface area contributed by atoms with Crippen molar-refractivity contribution in [1.82, 2.24) is 14.8 Å². The fourth-order valence-corrected chi connectivity index (χ4v) is 6.66. The second kappa shape index (κ2) is 9.12. The Hall–Kier alpha value is -3.32. The fourth-order valence-electron chi connectivity index (χ4n) is 5.81. The van der Waals surface area contributed by atoms with Gasteiger partial charge in [-0.25, -0.2) is 26.9 Å². The number of primary amides is 1. The molecule has 0 unspecified atom stereocenters. The average molecular weight is 561 g/mol. The number of hydrogen-bond acceptors (Lipinski definition) is 7. The van der Waals surface area contributed by atoms with Crippen molar-refractivity contribution in [2.75, 3.05) is 35.1 Å². The van der Waals surface area contributed by atoms with Gasteiger partial charge < -0.3 is 15.7 Å². The lowest BCUT2D eigenvalue weighted by atomic mass is 9.88. The maximum atomic E-state index is 13.6. The summed E-state index contributed by atoms with van der Waals surface area (Å²) in [5.41, 5.74) is 8.16. The molecule has 13 heteroatoms. The van der Waals surface area contributed by atoms with Crippen molar-refractivity contribution in [2.45, 2.75) is 50.5 Å². The summed E-state index contributed by atoms with van der Waals surface area (Å²) in [5, 5.41) is 14.2. The molecule has 10 nitrogen and oxygen atoms in total. The van der Waals surface area contributed by atoms with Crippen LogP contribution in [0.5, 0.6) is 0 Å². The summed E-state index contributed by atoms with van der Waals surface area (Å²) in [6.45, 7) is 0.759. The van der Waals surface area contributed by atoms with E-state index in [0.717, 1.165) is 12.8 Å². The highest BCUT2D eigenvalue weighted by Gasteiger charge is 2.47. The summed E-state index contributed by atoms with van der Waals surface area (Å²) in [5.74, 6) is -3.92. The first-order chi connectivity index (χ1) is 18.5. The Labute approximate surface area is 224 Å². The van der Waals surface area contributed by atoms with Gasteiger partial charge >= 0.3 is 0 Å². The molecule has 2 saturated carbocycles. The summed E-state index contributed by atoms with van der Waals surface area (Å²) in [6, 6.07) is 5.91. The number of nitrogens with one attached hydrogen (secondary N) is 1. The van der Waals surface area contributed by atoms with Gasteiger partial charge in [-0.15, -0.1) is 0 Å². The molecule has 3 aromatic rings. The largest absolute Gasteiger partial charge is 0.395 e.